The molecule has 0 radical (unpaired) electrons. The lowest BCUT2D eigenvalue weighted by molar-refractivity contribution is 0.102. The Balaban J connectivity index is 2.04. The van der Waals surface area contributed by atoms with Crippen LogP contribution in [0.3, 0.4) is 0 Å². The predicted molar refractivity (Wildman–Crippen MR) is 65.7 cm³/mol. The van der Waals surface area contributed by atoms with Gasteiger partial charge in [-0.05, 0) is 12.1 Å². The van der Waals surface area contributed by atoms with Gasteiger partial charge in [0.25, 0.3) is 5.91 Å². The van der Waals surface area contributed by atoms with Crippen LogP contribution in [0.15, 0.2) is 42.9 Å². The predicted octanol–water partition coefficient (Wildman–Crippen LogP) is 1.09. The van der Waals surface area contributed by atoms with Crippen LogP contribution in [0.5, 0.6) is 0 Å². The summed E-state index contributed by atoms with van der Waals surface area (Å²) in [5, 5.41) is 2.77. The normalized spacial score (nSPS) is 10.2. The van der Waals surface area contributed by atoms with E-state index in [2.05, 4.69) is 10.3 Å². The molecule has 1 heterocycles. The number of rotatable bonds is 4. The fraction of sp³-hybridized carbons (Fsp3) is 0.167. The highest BCUT2D eigenvalue weighted by Gasteiger charge is 2.08. The van der Waals surface area contributed by atoms with E-state index >= 15 is 0 Å². The number of nitrogens with zero attached hydrogens (tertiary/aromatic N) is 2. The molecule has 1 aromatic heterocycles. The van der Waals surface area contributed by atoms with Crippen molar-refractivity contribution in [3.05, 3.63) is 48.5 Å². The minimum atomic E-state index is -0.216. The number of nitrogens with two attached hydrogens (primary N) is 1. The molecule has 1 aromatic carbocycles. The number of hydrogen-bond donors (Lipinski definition) is 2. The number of amides is 1. The number of nitrogens with one attached hydrogen (secondary N) is 1. The first-order chi connectivity index (χ1) is 8.29. The minimum absolute atomic E-state index is 0.216. The van der Waals surface area contributed by atoms with Crippen LogP contribution in [0.4, 0.5) is 5.69 Å². The summed E-state index contributed by atoms with van der Waals surface area (Å²) >= 11 is 0. The first-order valence-corrected chi connectivity index (χ1v) is 5.38. The number of imidazole rings is 1. The number of anilines is 1. The first kappa shape index (κ1) is 11.3. The van der Waals surface area contributed by atoms with Gasteiger partial charge in [-0.15, -0.1) is 0 Å². The van der Waals surface area contributed by atoms with Crippen LogP contribution in [0, 0.1) is 0 Å². The van der Waals surface area contributed by atoms with Crippen LogP contribution in [-0.2, 0) is 6.54 Å². The van der Waals surface area contributed by atoms with Gasteiger partial charge in [-0.3, -0.25) is 4.79 Å². The molecule has 0 fully saturated rings. The molecule has 5 nitrogen and oxygen atoms in total. The van der Waals surface area contributed by atoms with Gasteiger partial charge < -0.3 is 15.6 Å². The number of carbonyl (C=O) groups is 1. The molecule has 0 bridgehead atoms. The van der Waals surface area contributed by atoms with Gasteiger partial charge in [0.15, 0.2) is 0 Å². The molecule has 0 aliphatic rings. The zero-order valence-corrected chi connectivity index (χ0v) is 9.34. The maximum atomic E-state index is 11.8. The number of hydrogen-bond acceptors (Lipinski definition) is 3. The summed E-state index contributed by atoms with van der Waals surface area (Å²) in [6, 6.07) is 9.28. The highest BCUT2D eigenvalue weighted by Crippen LogP contribution is 2.07. The van der Waals surface area contributed by atoms with E-state index < -0.39 is 0 Å². The second-order valence-corrected chi connectivity index (χ2v) is 3.61. The molecular weight excluding hydrogens is 216 g/mol. The van der Waals surface area contributed by atoms with E-state index in [4.69, 9.17) is 5.73 Å². The van der Waals surface area contributed by atoms with E-state index in [-0.39, 0.29) is 5.91 Å². The van der Waals surface area contributed by atoms with Gasteiger partial charge in [-0.1, -0.05) is 18.2 Å². The van der Waals surface area contributed by atoms with Crippen molar-refractivity contribution < 1.29 is 4.79 Å². The van der Waals surface area contributed by atoms with E-state index in [1.54, 1.807) is 17.1 Å². The largest absolute Gasteiger partial charge is 0.335 e. The molecule has 0 atom stereocenters. The zero-order chi connectivity index (χ0) is 12.1. The van der Waals surface area contributed by atoms with E-state index in [0.29, 0.717) is 18.8 Å². The molecule has 0 spiro atoms. The van der Waals surface area contributed by atoms with Crippen molar-refractivity contribution >= 4 is 11.6 Å². The summed E-state index contributed by atoms with van der Waals surface area (Å²) < 4.78 is 1.79. The molecule has 2 aromatic rings. The Morgan fingerprint density at radius 1 is 1.35 bits per heavy atom. The smallest absolute Gasteiger partial charge is 0.275 e. The van der Waals surface area contributed by atoms with E-state index in [9.17, 15) is 4.79 Å². The van der Waals surface area contributed by atoms with Crippen molar-refractivity contribution in [3.8, 4) is 0 Å². The van der Waals surface area contributed by atoms with Gasteiger partial charge in [0.1, 0.15) is 5.69 Å². The fourth-order valence-corrected chi connectivity index (χ4v) is 1.47. The average molecular weight is 230 g/mol. The molecule has 0 saturated carbocycles. The number of aromatic nitrogens is 2. The molecule has 2 rings (SSSR count). The highest BCUT2D eigenvalue weighted by molar-refractivity contribution is 6.02. The van der Waals surface area contributed by atoms with Crippen LogP contribution in [0.25, 0.3) is 0 Å². The standard InChI is InChI=1S/C12H14N4O/c13-6-7-16-8-11(14-9-16)12(17)15-10-4-2-1-3-5-10/h1-5,8-9H,6-7,13H2,(H,15,17). The lowest BCUT2D eigenvalue weighted by atomic mass is 10.3. The Labute approximate surface area is 99.3 Å². The number of para-hydroxylation sites is 1. The van der Waals surface area contributed by atoms with E-state index in [1.165, 1.54) is 0 Å². The third kappa shape index (κ3) is 2.92. The van der Waals surface area contributed by atoms with Gasteiger partial charge in [0, 0.05) is 25.0 Å². The molecule has 17 heavy (non-hydrogen) atoms. The first-order valence-electron chi connectivity index (χ1n) is 5.38. The maximum Gasteiger partial charge on any atom is 0.275 e. The summed E-state index contributed by atoms with van der Waals surface area (Å²) in [4.78, 5) is 15.8. The average Bonchev–Trinajstić information content (AvgIpc) is 2.79. The Morgan fingerprint density at radius 3 is 2.82 bits per heavy atom. The summed E-state index contributed by atoms with van der Waals surface area (Å²) in [5.41, 5.74) is 6.57. The Hall–Kier alpha value is -2.14. The Morgan fingerprint density at radius 2 is 2.12 bits per heavy atom. The van der Waals surface area contributed by atoms with Crippen molar-refractivity contribution in [2.45, 2.75) is 6.54 Å². The summed E-state index contributed by atoms with van der Waals surface area (Å²) in [6.07, 6.45) is 3.29. The van der Waals surface area contributed by atoms with Crippen molar-refractivity contribution in [1.29, 1.82) is 0 Å². The van der Waals surface area contributed by atoms with Gasteiger partial charge >= 0.3 is 0 Å². The monoisotopic (exact) mass is 230 g/mol. The third-order valence-corrected chi connectivity index (χ3v) is 2.28. The molecule has 0 unspecified atom stereocenters. The molecule has 0 aliphatic carbocycles. The Bertz CT molecular complexity index is 492. The molecule has 0 aliphatic heterocycles. The van der Waals surface area contributed by atoms with Crippen LogP contribution in [0.1, 0.15) is 10.5 Å². The SMILES string of the molecule is NCCn1cnc(C(=O)Nc2ccccc2)c1. The molecule has 1 amide bonds. The summed E-state index contributed by atoms with van der Waals surface area (Å²) in [6.45, 7) is 1.18. The summed E-state index contributed by atoms with van der Waals surface area (Å²) in [7, 11) is 0. The van der Waals surface area contributed by atoms with Crippen molar-refractivity contribution in [3.63, 3.8) is 0 Å². The van der Waals surface area contributed by atoms with Crippen LogP contribution in [-0.4, -0.2) is 22.0 Å². The van der Waals surface area contributed by atoms with Crippen LogP contribution in [0.2, 0.25) is 0 Å². The van der Waals surface area contributed by atoms with Crippen LogP contribution >= 0.6 is 0 Å². The van der Waals surface area contributed by atoms with Crippen LogP contribution < -0.4 is 11.1 Å². The lowest BCUT2D eigenvalue weighted by Gasteiger charge is -2.01. The van der Waals surface area contributed by atoms with Crippen molar-refractivity contribution in [2.24, 2.45) is 5.73 Å². The topological polar surface area (TPSA) is 72.9 Å². The molecule has 88 valence electrons. The minimum Gasteiger partial charge on any atom is -0.335 e. The Kier molecular flexibility index (Phi) is 3.52. The van der Waals surface area contributed by atoms with Gasteiger partial charge in [0.05, 0.1) is 6.33 Å². The van der Waals surface area contributed by atoms with Gasteiger partial charge in [0.2, 0.25) is 0 Å². The van der Waals surface area contributed by atoms with Crippen molar-refractivity contribution in [1.82, 2.24) is 9.55 Å². The fourth-order valence-electron chi connectivity index (χ4n) is 1.47. The highest BCUT2D eigenvalue weighted by atomic mass is 16.1. The second kappa shape index (κ2) is 5.27. The molecule has 0 saturated heterocycles. The zero-order valence-electron chi connectivity index (χ0n) is 9.34. The van der Waals surface area contributed by atoms with Gasteiger partial charge in [-0.2, -0.15) is 0 Å². The molecular formula is C12H14N4O. The van der Waals surface area contributed by atoms with E-state index in [1.807, 2.05) is 30.3 Å². The molecule has 3 N–H and O–H groups in total. The molecule has 5 heteroatoms. The third-order valence-electron chi connectivity index (χ3n) is 2.28. The second-order valence-electron chi connectivity index (χ2n) is 3.61. The lowest BCUT2D eigenvalue weighted by Crippen LogP contribution is -2.12. The van der Waals surface area contributed by atoms with Gasteiger partial charge in [-0.25, -0.2) is 4.98 Å². The quantitative estimate of drug-likeness (QED) is 0.825. The van der Waals surface area contributed by atoms with E-state index in [0.717, 1.165) is 5.69 Å². The maximum absolute atomic E-state index is 11.8. The number of carbonyl (C=O) groups excluding carboxylic acids is 1. The summed E-state index contributed by atoms with van der Waals surface area (Å²) in [5.74, 6) is -0.216. The number of benzene rings is 1. The van der Waals surface area contributed by atoms with Crippen molar-refractivity contribution in [2.75, 3.05) is 11.9 Å².